The van der Waals surface area contributed by atoms with Crippen LogP contribution in [0.5, 0.6) is 0 Å². The van der Waals surface area contributed by atoms with Gasteiger partial charge < -0.3 is 4.74 Å². The molecular weight excluding hydrogens is 348 g/mol. The van der Waals surface area contributed by atoms with Crippen LogP contribution in [0.25, 0.3) is 0 Å². The van der Waals surface area contributed by atoms with E-state index >= 15 is 0 Å². The van der Waals surface area contributed by atoms with Gasteiger partial charge in [0.2, 0.25) is 0 Å². The first-order valence-electron chi connectivity index (χ1n) is 7.76. The second-order valence-corrected chi connectivity index (χ2v) is 6.55. The molecule has 0 amide bonds. The Morgan fingerprint density at radius 1 is 1.20 bits per heavy atom. The molecule has 2 aromatic rings. The summed E-state index contributed by atoms with van der Waals surface area (Å²) in [6.07, 6.45) is 4.36. The van der Waals surface area contributed by atoms with Crippen molar-refractivity contribution < 1.29 is 23.1 Å². The maximum atomic E-state index is 12.5. The molecular formula is C18H15F2NO3S. The fourth-order valence-electron chi connectivity index (χ4n) is 2.76. The first kappa shape index (κ1) is 17.5. The van der Waals surface area contributed by atoms with E-state index in [-0.39, 0.29) is 28.1 Å². The monoisotopic (exact) mass is 363 g/mol. The van der Waals surface area contributed by atoms with Gasteiger partial charge >= 0.3 is 5.97 Å². The van der Waals surface area contributed by atoms with E-state index < -0.39 is 18.3 Å². The van der Waals surface area contributed by atoms with Crippen LogP contribution in [0.4, 0.5) is 8.78 Å². The fraction of sp³-hybridized carbons (Fsp3) is 0.278. The van der Waals surface area contributed by atoms with Crippen molar-refractivity contribution in [2.75, 3.05) is 6.61 Å². The van der Waals surface area contributed by atoms with Gasteiger partial charge in [0.1, 0.15) is 5.03 Å². The number of aromatic nitrogens is 1. The van der Waals surface area contributed by atoms with Crippen molar-refractivity contribution in [3.05, 3.63) is 58.8 Å². The standard InChI is InChI=1S/C18H15F2NO3S/c19-18(20)25-16-14(5-2-8-21-16)17(23)24-10-15(22)13-7-6-11-3-1-4-12(11)9-13/h2,5-9,18H,1,3-4,10H2. The number of ketones is 1. The van der Waals surface area contributed by atoms with Crippen molar-refractivity contribution in [3.63, 3.8) is 0 Å². The van der Waals surface area contributed by atoms with Crippen molar-refractivity contribution in [2.24, 2.45) is 0 Å². The van der Waals surface area contributed by atoms with Crippen LogP contribution in [0, 0.1) is 0 Å². The molecule has 1 aliphatic carbocycles. The number of benzene rings is 1. The molecule has 0 N–H and O–H groups in total. The van der Waals surface area contributed by atoms with Gasteiger partial charge in [0.15, 0.2) is 12.4 Å². The number of fused-ring (bicyclic) bond motifs is 1. The average molecular weight is 363 g/mol. The van der Waals surface area contributed by atoms with Crippen molar-refractivity contribution in [1.82, 2.24) is 4.98 Å². The van der Waals surface area contributed by atoms with Crippen LogP contribution in [-0.2, 0) is 17.6 Å². The summed E-state index contributed by atoms with van der Waals surface area (Å²) in [5, 5.41) is -0.118. The van der Waals surface area contributed by atoms with Crippen molar-refractivity contribution in [2.45, 2.75) is 30.0 Å². The zero-order valence-corrected chi connectivity index (χ0v) is 14.0. The highest BCUT2D eigenvalue weighted by atomic mass is 32.2. The third-order valence-corrected chi connectivity index (χ3v) is 4.67. The Morgan fingerprint density at radius 3 is 2.80 bits per heavy atom. The number of carbonyl (C=O) groups excluding carboxylic acids is 2. The quantitative estimate of drug-likeness (QED) is 0.442. The summed E-state index contributed by atoms with van der Waals surface area (Å²) in [7, 11) is 0. The van der Waals surface area contributed by atoms with Crippen LogP contribution in [0.1, 0.15) is 38.3 Å². The van der Waals surface area contributed by atoms with Gasteiger partial charge in [-0.3, -0.25) is 4.79 Å². The number of thioether (sulfide) groups is 1. The number of hydrogen-bond acceptors (Lipinski definition) is 5. The highest BCUT2D eigenvalue weighted by Gasteiger charge is 2.20. The van der Waals surface area contributed by atoms with Gasteiger partial charge in [-0.05, 0) is 60.4 Å². The first-order valence-corrected chi connectivity index (χ1v) is 8.64. The number of pyridine rings is 1. The van der Waals surface area contributed by atoms with Gasteiger partial charge in [0.25, 0.3) is 5.76 Å². The molecule has 0 saturated heterocycles. The summed E-state index contributed by atoms with van der Waals surface area (Å²) in [5.41, 5.74) is 2.81. The molecule has 3 rings (SSSR count). The summed E-state index contributed by atoms with van der Waals surface area (Å²) in [5.74, 6) is -3.87. The lowest BCUT2D eigenvalue weighted by atomic mass is 10.0. The Labute approximate surface area is 147 Å². The zero-order valence-electron chi connectivity index (χ0n) is 13.2. The van der Waals surface area contributed by atoms with Gasteiger partial charge in [-0.15, -0.1) is 0 Å². The molecule has 0 saturated carbocycles. The maximum Gasteiger partial charge on any atom is 0.341 e. The Kier molecular flexibility index (Phi) is 5.43. The van der Waals surface area contributed by atoms with Gasteiger partial charge in [-0.1, -0.05) is 12.1 Å². The summed E-state index contributed by atoms with van der Waals surface area (Å²) in [6.45, 7) is -0.439. The lowest BCUT2D eigenvalue weighted by Gasteiger charge is -2.08. The van der Waals surface area contributed by atoms with E-state index in [1.165, 1.54) is 23.9 Å². The second-order valence-electron chi connectivity index (χ2n) is 5.57. The number of nitrogens with zero attached hydrogens (tertiary/aromatic N) is 1. The van der Waals surface area contributed by atoms with E-state index in [0.29, 0.717) is 5.56 Å². The van der Waals surface area contributed by atoms with E-state index in [0.717, 1.165) is 24.8 Å². The zero-order chi connectivity index (χ0) is 17.8. The molecule has 1 aliphatic rings. The number of alkyl halides is 2. The summed E-state index contributed by atoms with van der Waals surface area (Å²) in [4.78, 5) is 28.1. The number of rotatable bonds is 6. The lowest BCUT2D eigenvalue weighted by molar-refractivity contribution is 0.0470. The normalized spacial score (nSPS) is 12.9. The summed E-state index contributed by atoms with van der Waals surface area (Å²) < 4.78 is 30.0. The number of halogens is 2. The second kappa shape index (κ2) is 7.74. The largest absolute Gasteiger partial charge is 0.454 e. The van der Waals surface area contributed by atoms with Gasteiger partial charge in [-0.25, -0.2) is 9.78 Å². The highest BCUT2D eigenvalue weighted by molar-refractivity contribution is 7.99. The Morgan fingerprint density at radius 2 is 2.00 bits per heavy atom. The number of Topliss-reactive ketones (excluding diaryl/α,β-unsaturated/α-hetero) is 1. The number of esters is 1. The predicted octanol–water partition coefficient (Wildman–Crippen LogP) is 3.92. The number of aryl methyl sites for hydroxylation is 2. The molecule has 1 aromatic heterocycles. The SMILES string of the molecule is O=C(COC(=O)c1cccnc1SC(F)F)c1ccc2c(c1)CCC2. The van der Waals surface area contributed by atoms with Crippen LogP contribution in [0.3, 0.4) is 0 Å². The third-order valence-electron chi connectivity index (χ3n) is 3.95. The summed E-state index contributed by atoms with van der Waals surface area (Å²) >= 11 is 0.167. The van der Waals surface area contributed by atoms with Gasteiger partial charge in [-0.2, -0.15) is 8.78 Å². The molecule has 0 radical (unpaired) electrons. The number of carbonyl (C=O) groups is 2. The van der Waals surface area contributed by atoms with Crippen molar-refractivity contribution >= 4 is 23.5 Å². The molecule has 25 heavy (non-hydrogen) atoms. The summed E-state index contributed by atoms with van der Waals surface area (Å²) in [6, 6.07) is 8.29. The number of ether oxygens (including phenoxy) is 1. The Balaban J connectivity index is 1.65. The van der Waals surface area contributed by atoms with Gasteiger partial charge in [0, 0.05) is 11.8 Å². The topological polar surface area (TPSA) is 56.3 Å². The Bertz CT molecular complexity index is 811. The van der Waals surface area contributed by atoms with E-state index in [4.69, 9.17) is 4.74 Å². The van der Waals surface area contributed by atoms with Crippen LogP contribution >= 0.6 is 11.8 Å². The molecule has 1 aromatic carbocycles. The molecule has 7 heteroatoms. The Hall–Kier alpha value is -2.28. The van der Waals surface area contributed by atoms with E-state index in [9.17, 15) is 18.4 Å². The number of hydrogen-bond donors (Lipinski definition) is 0. The van der Waals surface area contributed by atoms with E-state index in [1.54, 1.807) is 6.07 Å². The third kappa shape index (κ3) is 4.22. The molecule has 130 valence electrons. The maximum absolute atomic E-state index is 12.5. The smallest absolute Gasteiger partial charge is 0.341 e. The highest BCUT2D eigenvalue weighted by Crippen LogP contribution is 2.27. The van der Waals surface area contributed by atoms with E-state index in [2.05, 4.69) is 4.98 Å². The van der Waals surface area contributed by atoms with Crippen LogP contribution in [-0.4, -0.2) is 29.1 Å². The minimum absolute atomic E-state index is 0.0745. The predicted molar refractivity (Wildman–Crippen MR) is 89.2 cm³/mol. The minimum Gasteiger partial charge on any atom is -0.454 e. The molecule has 4 nitrogen and oxygen atoms in total. The van der Waals surface area contributed by atoms with Gasteiger partial charge in [0.05, 0.1) is 5.56 Å². The van der Waals surface area contributed by atoms with Crippen molar-refractivity contribution in [3.8, 4) is 0 Å². The molecule has 0 aliphatic heterocycles. The molecule has 0 fully saturated rings. The van der Waals surface area contributed by atoms with E-state index in [1.807, 2.05) is 12.1 Å². The molecule has 0 unspecified atom stereocenters. The first-order chi connectivity index (χ1) is 12.0. The van der Waals surface area contributed by atoms with Crippen molar-refractivity contribution in [1.29, 1.82) is 0 Å². The molecule has 0 atom stereocenters. The molecule has 0 spiro atoms. The minimum atomic E-state index is -2.70. The molecule has 0 bridgehead atoms. The molecule has 1 heterocycles. The average Bonchev–Trinajstić information content (AvgIpc) is 3.07. The van der Waals surface area contributed by atoms with Crippen LogP contribution < -0.4 is 0 Å². The van der Waals surface area contributed by atoms with Crippen LogP contribution in [0.15, 0.2) is 41.6 Å². The lowest BCUT2D eigenvalue weighted by Crippen LogP contribution is -2.15. The van der Waals surface area contributed by atoms with Crippen LogP contribution in [0.2, 0.25) is 0 Å². The fourth-order valence-corrected chi connectivity index (χ4v) is 3.33.